The molecule has 6 heteroatoms. The molecule has 5 N–H and O–H groups in total. The molecule has 1 aromatic rings. The lowest BCUT2D eigenvalue weighted by molar-refractivity contribution is 0.445. The summed E-state index contributed by atoms with van der Waals surface area (Å²) >= 11 is 0. The molecule has 1 aromatic carbocycles. The maximum Gasteiger partial charge on any atom is 0.156 e. The van der Waals surface area contributed by atoms with Crippen molar-refractivity contribution in [2.45, 2.75) is 0 Å². The minimum absolute atomic E-state index is 0.119. The Kier molecular flexibility index (Phi) is 6.91. The molecule has 1 rings (SSSR count). The highest BCUT2D eigenvalue weighted by Crippen LogP contribution is 2.21. The Hall–Kier alpha value is -3.41. The second kappa shape index (κ2) is 8.89. The predicted molar refractivity (Wildman–Crippen MR) is 101 cm³/mol. The lowest BCUT2D eigenvalue weighted by Crippen LogP contribution is -2.23. The summed E-state index contributed by atoms with van der Waals surface area (Å²) in [6.45, 7) is 10.6. The first-order valence-electron chi connectivity index (χ1n) is 6.99. The maximum atomic E-state index is 7.83. The molecule has 0 amide bonds. The fourth-order valence-corrected chi connectivity index (χ4v) is 1.82. The zero-order valence-electron chi connectivity index (χ0n) is 13.6. The molecule has 24 heavy (non-hydrogen) atoms. The summed E-state index contributed by atoms with van der Waals surface area (Å²) in [6, 6.07) is 6.98. The lowest BCUT2D eigenvalue weighted by Gasteiger charge is -2.11. The highest BCUT2D eigenvalue weighted by Gasteiger charge is 2.14. The van der Waals surface area contributed by atoms with Crippen molar-refractivity contribution in [3.8, 4) is 5.75 Å². The van der Waals surface area contributed by atoms with Gasteiger partial charge in [0.2, 0.25) is 0 Å². The van der Waals surface area contributed by atoms with E-state index in [0.29, 0.717) is 17.1 Å². The Labute approximate surface area is 141 Å². The van der Waals surface area contributed by atoms with Gasteiger partial charge in [0.05, 0.1) is 11.3 Å². The Morgan fingerprint density at radius 3 is 2.29 bits per heavy atom. The summed E-state index contributed by atoms with van der Waals surface area (Å²) in [6.07, 6.45) is 4.89. The Balaban J connectivity index is 3.22. The molecule has 6 nitrogen and oxygen atoms in total. The second-order valence-corrected chi connectivity index (χ2v) is 4.54. The number of amidine groups is 2. The number of ether oxygens (including phenoxy) is 1. The fraction of sp³-hybridized carbons (Fsp3) is 0.0556. The molecule has 0 aromatic heterocycles. The molecule has 0 radical (unpaired) electrons. The molecule has 0 saturated heterocycles. The summed E-state index contributed by atoms with van der Waals surface area (Å²) in [5, 5.41) is 7.83. The minimum Gasteiger partial charge on any atom is -0.457 e. The first kappa shape index (κ1) is 18.6. The van der Waals surface area contributed by atoms with Crippen LogP contribution in [0.15, 0.2) is 77.0 Å². The summed E-state index contributed by atoms with van der Waals surface area (Å²) < 4.78 is 5.63. The van der Waals surface area contributed by atoms with E-state index < -0.39 is 0 Å². The predicted octanol–water partition coefficient (Wildman–Crippen LogP) is 2.66. The van der Waals surface area contributed by atoms with Crippen molar-refractivity contribution in [1.82, 2.24) is 0 Å². The van der Waals surface area contributed by atoms with Crippen LogP contribution in [0.25, 0.3) is 5.70 Å². The van der Waals surface area contributed by atoms with Crippen LogP contribution in [-0.2, 0) is 0 Å². The van der Waals surface area contributed by atoms with E-state index >= 15 is 0 Å². The summed E-state index contributed by atoms with van der Waals surface area (Å²) in [7, 11) is 1.51. The van der Waals surface area contributed by atoms with Crippen molar-refractivity contribution in [3.05, 3.63) is 72.5 Å². The Morgan fingerprint density at radius 1 is 1.21 bits per heavy atom. The van der Waals surface area contributed by atoms with Gasteiger partial charge in [-0.05, 0) is 48.7 Å². The monoisotopic (exact) mass is 323 g/mol. The molecule has 0 atom stereocenters. The van der Waals surface area contributed by atoms with Gasteiger partial charge in [-0.15, -0.1) is 0 Å². The van der Waals surface area contributed by atoms with Crippen LogP contribution in [0, 0.1) is 5.41 Å². The van der Waals surface area contributed by atoms with Crippen molar-refractivity contribution >= 4 is 24.1 Å². The quantitative estimate of drug-likeness (QED) is 0.310. The van der Waals surface area contributed by atoms with Crippen molar-refractivity contribution in [3.63, 3.8) is 0 Å². The van der Waals surface area contributed by atoms with Crippen molar-refractivity contribution in [2.24, 2.45) is 21.5 Å². The van der Waals surface area contributed by atoms with Crippen LogP contribution in [0.4, 0.5) is 0 Å². The van der Waals surface area contributed by atoms with Gasteiger partial charge >= 0.3 is 0 Å². The number of rotatable bonds is 7. The SMILES string of the molecule is C=C/C=C(\C=C)Oc1ccc(/C(N)=C(/C(=N)N=C)C(N)=NC)cc1. The third-order valence-corrected chi connectivity index (χ3v) is 3.05. The van der Waals surface area contributed by atoms with E-state index in [1.165, 1.54) is 7.05 Å². The van der Waals surface area contributed by atoms with E-state index in [1.807, 2.05) is 0 Å². The van der Waals surface area contributed by atoms with Gasteiger partial charge in [-0.2, -0.15) is 0 Å². The number of aliphatic imine (C=N–C) groups is 2. The molecule has 124 valence electrons. The molecular formula is C18H21N5O. The topological polar surface area (TPSA) is 110 Å². The number of hydrogen-bond acceptors (Lipinski definition) is 4. The molecule has 0 bridgehead atoms. The van der Waals surface area contributed by atoms with Crippen LogP contribution in [0.2, 0.25) is 0 Å². The van der Waals surface area contributed by atoms with Crippen molar-refractivity contribution in [1.29, 1.82) is 5.41 Å². The highest BCUT2D eigenvalue weighted by molar-refractivity contribution is 6.26. The molecule has 0 aliphatic heterocycles. The third kappa shape index (κ3) is 4.54. The van der Waals surface area contributed by atoms with Crippen LogP contribution in [-0.4, -0.2) is 25.4 Å². The normalized spacial score (nSPS) is 12.9. The Bertz CT molecular complexity index is 735. The van der Waals surface area contributed by atoms with Crippen LogP contribution < -0.4 is 16.2 Å². The summed E-state index contributed by atoms with van der Waals surface area (Å²) in [4.78, 5) is 7.44. The summed E-state index contributed by atoms with van der Waals surface area (Å²) in [5.74, 6) is 1.16. The van der Waals surface area contributed by atoms with Crippen LogP contribution >= 0.6 is 0 Å². The molecule has 0 saturated carbocycles. The Morgan fingerprint density at radius 2 is 1.83 bits per heavy atom. The number of nitrogens with two attached hydrogens (primary N) is 2. The number of nitrogens with zero attached hydrogens (tertiary/aromatic N) is 2. The first-order chi connectivity index (χ1) is 11.5. The van der Waals surface area contributed by atoms with Crippen LogP contribution in [0.5, 0.6) is 5.75 Å². The largest absolute Gasteiger partial charge is 0.457 e. The van der Waals surface area contributed by atoms with Gasteiger partial charge in [0.15, 0.2) is 5.84 Å². The highest BCUT2D eigenvalue weighted by atomic mass is 16.5. The number of benzene rings is 1. The van der Waals surface area contributed by atoms with E-state index in [0.717, 1.165) is 0 Å². The van der Waals surface area contributed by atoms with E-state index in [1.54, 1.807) is 42.5 Å². The average Bonchev–Trinajstić information content (AvgIpc) is 2.61. The van der Waals surface area contributed by atoms with E-state index in [4.69, 9.17) is 21.6 Å². The van der Waals surface area contributed by atoms with Gasteiger partial charge in [0.25, 0.3) is 0 Å². The van der Waals surface area contributed by atoms with E-state index in [-0.39, 0.29) is 22.9 Å². The zero-order valence-corrected chi connectivity index (χ0v) is 13.6. The molecule has 0 heterocycles. The van der Waals surface area contributed by atoms with E-state index in [9.17, 15) is 0 Å². The van der Waals surface area contributed by atoms with Gasteiger partial charge < -0.3 is 16.2 Å². The van der Waals surface area contributed by atoms with Gasteiger partial charge in [-0.25, -0.2) is 4.99 Å². The fourth-order valence-electron chi connectivity index (χ4n) is 1.82. The standard InChI is InChI=1S/C18H21N5O/c1-5-7-13(6-2)24-14-10-8-12(9-11-14)16(19)15(17(20)22-3)18(21)23-4/h5-11,20H,1-3,19H2,4H3,(H2,21,23)/b13-7+,16-15+,20-17?. The second-order valence-electron chi connectivity index (χ2n) is 4.54. The van der Waals surface area contributed by atoms with E-state index in [2.05, 4.69) is 29.9 Å². The first-order valence-corrected chi connectivity index (χ1v) is 6.99. The molecular weight excluding hydrogens is 302 g/mol. The van der Waals surface area contributed by atoms with Gasteiger partial charge in [-0.3, -0.25) is 10.4 Å². The smallest absolute Gasteiger partial charge is 0.156 e. The van der Waals surface area contributed by atoms with Crippen LogP contribution in [0.1, 0.15) is 5.56 Å². The molecule has 0 spiro atoms. The van der Waals surface area contributed by atoms with Gasteiger partial charge in [0, 0.05) is 7.05 Å². The molecule has 0 fully saturated rings. The number of hydrogen-bond donors (Lipinski definition) is 3. The average molecular weight is 323 g/mol. The molecule has 0 unspecified atom stereocenters. The van der Waals surface area contributed by atoms with Gasteiger partial charge in [-0.1, -0.05) is 19.2 Å². The number of nitrogens with one attached hydrogen (secondary N) is 1. The lowest BCUT2D eigenvalue weighted by atomic mass is 10.0. The minimum atomic E-state index is -0.140. The van der Waals surface area contributed by atoms with Crippen molar-refractivity contribution < 1.29 is 4.74 Å². The molecule has 0 aliphatic carbocycles. The van der Waals surface area contributed by atoms with Crippen molar-refractivity contribution in [2.75, 3.05) is 7.05 Å². The zero-order chi connectivity index (χ0) is 18.1. The summed E-state index contributed by atoms with van der Waals surface area (Å²) in [5.41, 5.74) is 13.1. The maximum absolute atomic E-state index is 7.83. The third-order valence-electron chi connectivity index (χ3n) is 3.05. The van der Waals surface area contributed by atoms with Crippen LogP contribution in [0.3, 0.4) is 0 Å². The van der Waals surface area contributed by atoms with Gasteiger partial charge in [0.1, 0.15) is 17.3 Å². The number of allylic oxidation sites excluding steroid dienone is 3. The molecule has 0 aliphatic rings.